The fraction of sp³-hybridized carbons (Fsp3) is 0.333. The lowest BCUT2D eigenvalue weighted by molar-refractivity contribution is 0.488. The molecule has 12 nitrogen and oxygen atoms in total. The molecule has 2 aromatic heterocycles. The van der Waals surface area contributed by atoms with Crippen molar-refractivity contribution in [3.05, 3.63) is 57.5 Å². The number of amidine groups is 2. The van der Waals surface area contributed by atoms with E-state index in [0.717, 1.165) is 67.3 Å². The maximum absolute atomic E-state index is 9.19. The van der Waals surface area contributed by atoms with Gasteiger partial charge >= 0.3 is 0 Å². The molecule has 0 aliphatic rings. The van der Waals surface area contributed by atoms with Crippen molar-refractivity contribution in [3.63, 3.8) is 0 Å². The van der Waals surface area contributed by atoms with Crippen LogP contribution in [-0.2, 0) is 33.1 Å². The molecule has 0 fully saturated rings. The van der Waals surface area contributed by atoms with Gasteiger partial charge in [-0.3, -0.25) is 19.9 Å². The molecule has 16 heteroatoms. The van der Waals surface area contributed by atoms with Crippen molar-refractivity contribution in [1.29, 1.82) is 10.8 Å². The Bertz CT molecular complexity index is 1560. The van der Waals surface area contributed by atoms with Gasteiger partial charge < -0.3 is 11.5 Å². The smallest absolute Gasteiger partial charge is 0.261 e. The van der Waals surface area contributed by atoms with Crippen molar-refractivity contribution in [2.75, 3.05) is 12.5 Å². The molecule has 40 heavy (non-hydrogen) atoms. The summed E-state index contributed by atoms with van der Waals surface area (Å²) in [6.45, 7) is 0. The van der Waals surface area contributed by atoms with E-state index in [1.165, 1.54) is 12.8 Å². The van der Waals surface area contributed by atoms with E-state index in [2.05, 4.69) is 0 Å². The van der Waals surface area contributed by atoms with Crippen LogP contribution in [0.3, 0.4) is 0 Å². The van der Waals surface area contributed by atoms with Gasteiger partial charge in [0.1, 0.15) is 11.7 Å². The molecule has 4 aromatic rings. The van der Waals surface area contributed by atoms with Gasteiger partial charge in [-0.25, -0.2) is 9.97 Å². The van der Waals surface area contributed by atoms with Crippen LogP contribution in [-0.4, -0.2) is 60.1 Å². The maximum atomic E-state index is 9.19. The van der Waals surface area contributed by atoms with E-state index < -0.39 is 20.2 Å². The Morgan fingerprint density at radius 1 is 0.725 bits per heavy atom. The molecule has 4 rings (SSSR count). The van der Waals surface area contributed by atoms with Crippen molar-refractivity contribution in [1.82, 2.24) is 9.97 Å². The van der Waals surface area contributed by atoms with E-state index in [9.17, 15) is 16.8 Å². The minimum absolute atomic E-state index is 0.0965. The number of unbranched alkanes of at least 4 members (excludes halogenated alkanes) is 3. The van der Waals surface area contributed by atoms with Crippen molar-refractivity contribution >= 4 is 75.0 Å². The molecule has 0 aliphatic heterocycles. The Hall–Kier alpha value is -3.02. The Morgan fingerprint density at radius 2 is 1.05 bits per heavy atom. The summed E-state index contributed by atoms with van der Waals surface area (Å²) in [6.07, 6.45) is 8.01. The third-order valence-corrected chi connectivity index (χ3v) is 7.17. The summed E-state index contributed by atoms with van der Waals surface area (Å²) >= 11 is 3.40. The number of nitrogens with zero attached hydrogens (tertiary/aromatic N) is 2. The van der Waals surface area contributed by atoms with Gasteiger partial charge in [-0.15, -0.1) is 22.7 Å². The van der Waals surface area contributed by atoms with Gasteiger partial charge in [0.05, 0.1) is 43.0 Å². The van der Waals surface area contributed by atoms with E-state index in [0.29, 0.717) is 12.5 Å². The second-order valence-corrected chi connectivity index (χ2v) is 14.0. The first-order chi connectivity index (χ1) is 18.5. The van der Waals surface area contributed by atoms with Crippen LogP contribution in [0.1, 0.15) is 46.8 Å². The van der Waals surface area contributed by atoms with Gasteiger partial charge in [-0.2, -0.15) is 16.8 Å². The molecule has 0 saturated carbocycles. The lowest BCUT2D eigenvalue weighted by Crippen LogP contribution is -2.10. The fourth-order valence-corrected chi connectivity index (χ4v) is 5.50. The van der Waals surface area contributed by atoms with Gasteiger partial charge in [0.15, 0.2) is 0 Å². The molecule has 0 radical (unpaired) electrons. The number of nitrogens with one attached hydrogen (secondary N) is 2. The number of aromatic nitrogens is 2. The predicted octanol–water partition coefficient (Wildman–Crippen LogP) is 3.83. The van der Waals surface area contributed by atoms with Crippen molar-refractivity contribution in [3.8, 4) is 0 Å². The molecule has 2 heterocycles. The first-order valence-corrected chi connectivity index (χ1v) is 17.1. The third kappa shape index (κ3) is 12.9. The lowest BCUT2D eigenvalue weighted by Gasteiger charge is -1.98. The topological polar surface area (TPSA) is 234 Å². The van der Waals surface area contributed by atoms with Crippen molar-refractivity contribution in [2.24, 2.45) is 11.5 Å². The zero-order valence-corrected chi connectivity index (χ0v) is 25.2. The highest BCUT2D eigenvalue weighted by Gasteiger charge is 2.08. The number of hydrogen-bond acceptors (Lipinski definition) is 10. The SMILES string of the molecule is CS(=O)(=O)O.CS(=O)(=O)O.N=C(N)c1ccc2nc(CCCCCCc3nc4ccc(C(=N)N)cc4s3)sc2c1. The Morgan fingerprint density at radius 3 is 1.35 bits per heavy atom. The van der Waals surface area contributed by atoms with Gasteiger partial charge in [-0.1, -0.05) is 12.8 Å². The molecular formula is C24H32N6O6S4. The van der Waals surface area contributed by atoms with Gasteiger partial charge in [0.2, 0.25) is 0 Å². The quantitative estimate of drug-likeness (QED) is 0.0678. The number of benzene rings is 2. The first-order valence-electron chi connectivity index (χ1n) is 11.8. The average molecular weight is 629 g/mol. The number of aryl methyl sites for hydroxylation is 2. The number of rotatable bonds is 9. The van der Waals surface area contributed by atoms with Crippen LogP contribution in [0.2, 0.25) is 0 Å². The second kappa shape index (κ2) is 14.6. The molecule has 0 unspecified atom stereocenters. The molecule has 0 saturated heterocycles. The van der Waals surface area contributed by atoms with Crippen LogP contribution in [0.4, 0.5) is 0 Å². The zero-order chi connectivity index (χ0) is 30.1. The first kappa shape index (κ1) is 33.2. The van der Waals surface area contributed by atoms with Crippen molar-refractivity contribution < 1.29 is 25.9 Å². The molecule has 0 atom stereocenters. The summed E-state index contributed by atoms with van der Waals surface area (Å²) in [6, 6.07) is 11.5. The minimum atomic E-state index is -3.67. The van der Waals surface area contributed by atoms with Crippen LogP contribution >= 0.6 is 22.7 Å². The molecule has 0 aliphatic carbocycles. The number of hydrogen-bond donors (Lipinski definition) is 6. The Kier molecular flexibility index (Phi) is 12.1. The van der Waals surface area contributed by atoms with Gasteiger partial charge in [0, 0.05) is 11.1 Å². The molecule has 0 bridgehead atoms. The highest BCUT2D eigenvalue weighted by molar-refractivity contribution is 7.85. The van der Waals surface area contributed by atoms with Crippen LogP contribution in [0.5, 0.6) is 0 Å². The summed E-state index contributed by atoms with van der Waals surface area (Å²) < 4.78 is 53.9. The number of thiazole rings is 2. The number of nitrogen functional groups attached to an aromatic ring is 2. The normalized spacial score (nSPS) is 11.4. The summed E-state index contributed by atoms with van der Waals surface area (Å²) in [5, 5.41) is 17.4. The average Bonchev–Trinajstić information content (AvgIpc) is 3.41. The predicted molar refractivity (Wildman–Crippen MR) is 162 cm³/mol. The van der Waals surface area contributed by atoms with Crippen LogP contribution < -0.4 is 11.5 Å². The largest absolute Gasteiger partial charge is 0.384 e. The summed E-state index contributed by atoms with van der Waals surface area (Å²) in [5.41, 5.74) is 14.6. The van der Waals surface area contributed by atoms with Crippen molar-refractivity contribution in [2.45, 2.75) is 38.5 Å². The summed E-state index contributed by atoms with van der Waals surface area (Å²) in [5.74, 6) is 0.193. The van der Waals surface area contributed by atoms with E-state index in [1.54, 1.807) is 22.7 Å². The standard InChI is InChI=1S/C22H24N6S2.2CH4O3S/c23-21(24)13-7-9-15-17(11-13)29-19(27-15)5-3-1-2-4-6-20-28-16-10-8-14(22(25)26)12-18(16)30-20;2*1-5(2,3)4/h7-12H,1-6H2,(H3,23,24)(H3,25,26);2*1H3,(H,2,3,4). The summed E-state index contributed by atoms with van der Waals surface area (Å²) in [7, 11) is -7.33. The van der Waals surface area contributed by atoms with E-state index in [1.807, 2.05) is 36.4 Å². The second-order valence-electron chi connectivity index (χ2n) is 8.79. The van der Waals surface area contributed by atoms with Gasteiger partial charge in [0.25, 0.3) is 20.2 Å². The minimum Gasteiger partial charge on any atom is -0.384 e. The molecule has 0 amide bonds. The van der Waals surface area contributed by atoms with E-state index >= 15 is 0 Å². The highest BCUT2D eigenvalue weighted by Crippen LogP contribution is 2.26. The number of fused-ring (bicyclic) bond motifs is 2. The lowest BCUT2D eigenvalue weighted by atomic mass is 10.1. The Labute approximate surface area is 241 Å². The van der Waals surface area contributed by atoms with Crippen LogP contribution in [0.15, 0.2) is 36.4 Å². The molecular weight excluding hydrogens is 597 g/mol. The molecule has 8 N–H and O–H groups in total. The van der Waals surface area contributed by atoms with E-state index in [-0.39, 0.29) is 11.7 Å². The van der Waals surface area contributed by atoms with Gasteiger partial charge in [-0.05, 0) is 62.1 Å². The number of nitrogens with two attached hydrogens (primary N) is 2. The Balaban J connectivity index is 0.000000482. The van der Waals surface area contributed by atoms with Crippen LogP contribution in [0.25, 0.3) is 20.4 Å². The maximum Gasteiger partial charge on any atom is 0.261 e. The van der Waals surface area contributed by atoms with E-state index in [4.69, 9.17) is 41.4 Å². The highest BCUT2D eigenvalue weighted by atomic mass is 32.2. The molecule has 2 aromatic carbocycles. The molecule has 0 spiro atoms. The monoisotopic (exact) mass is 628 g/mol. The fourth-order valence-electron chi connectivity index (χ4n) is 3.40. The third-order valence-electron chi connectivity index (χ3n) is 5.02. The molecule has 218 valence electrons. The summed E-state index contributed by atoms with van der Waals surface area (Å²) in [4.78, 5) is 9.39. The zero-order valence-electron chi connectivity index (χ0n) is 21.9. The van der Waals surface area contributed by atoms with Crippen LogP contribution in [0, 0.1) is 10.8 Å².